The first kappa shape index (κ1) is 14.6. The van der Waals surface area contributed by atoms with Crippen LogP contribution < -0.4 is 4.74 Å². The lowest BCUT2D eigenvalue weighted by molar-refractivity contribution is -0.143. The molecule has 0 saturated heterocycles. The lowest BCUT2D eigenvalue weighted by atomic mass is 9.89. The summed E-state index contributed by atoms with van der Waals surface area (Å²) in [5.41, 5.74) is 4.25. The van der Waals surface area contributed by atoms with Gasteiger partial charge in [0.15, 0.2) is 5.76 Å². The zero-order chi connectivity index (χ0) is 15.5. The number of methoxy groups -OCH3 is 1. The molecule has 0 saturated carbocycles. The van der Waals surface area contributed by atoms with Crippen LogP contribution in [0.1, 0.15) is 30.2 Å². The minimum absolute atomic E-state index is 0.194. The van der Waals surface area contributed by atoms with Crippen LogP contribution in [0, 0.1) is 0 Å². The molecule has 22 heavy (non-hydrogen) atoms. The number of hydrogen-bond donors (Lipinski definition) is 0. The van der Waals surface area contributed by atoms with E-state index in [0.29, 0.717) is 19.4 Å². The van der Waals surface area contributed by atoms with Crippen molar-refractivity contribution in [2.24, 2.45) is 0 Å². The largest absolute Gasteiger partial charge is 0.497 e. The smallest absolute Gasteiger partial charge is 0.306 e. The molecule has 1 aromatic heterocycles. The summed E-state index contributed by atoms with van der Waals surface area (Å²) in [6, 6.07) is 5.97. The lowest BCUT2D eigenvalue weighted by Gasteiger charge is -2.15. The second-order valence-electron chi connectivity index (χ2n) is 5.27. The van der Waals surface area contributed by atoms with E-state index in [0.717, 1.165) is 41.2 Å². The van der Waals surface area contributed by atoms with Crippen molar-refractivity contribution in [3.63, 3.8) is 0 Å². The first-order valence-corrected chi connectivity index (χ1v) is 7.53. The van der Waals surface area contributed by atoms with E-state index in [1.807, 2.05) is 18.2 Å². The Labute approximate surface area is 129 Å². The first-order chi connectivity index (χ1) is 10.7. The molecule has 3 rings (SSSR count). The highest BCUT2D eigenvalue weighted by Crippen LogP contribution is 2.37. The van der Waals surface area contributed by atoms with E-state index >= 15 is 0 Å². The highest BCUT2D eigenvalue weighted by Gasteiger charge is 2.24. The number of benzene rings is 1. The van der Waals surface area contributed by atoms with Crippen LogP contribution in [0.5, 0.6) is 5.75 Å². The van der Waals surface area contributed by atoms with Crippen LogP contribution in [0.2, 0.25) is 0 Å². The van der Waals surface area contributed by atoms with Crippen molar-refractivity contribution >= 4 is 5.97 Å². The topological polar surface area (TPSA) is 61.6 Å². The number of aryl methyl sites for hydroxylation is 2. The van der Waals surface area contributed by atoms with E-state index in [2.05, 4.69) is 5.16 Å². The summed E-state index contributed by atoms with van der Waals surface area (Å²) in [6.07, 6.45) is 2.69. The van der Waals surface area contributed by atoms with Gasteiger partial charge in [-0.3, -0.25) is 4.79 Å². The predicted octanol–water partition coefficient (Wildman–Crippen LogP) is 2.94. The Morgan fingerprint density at radius 3 is 3.00 bits per heavy atom. The highest BCUT2D eigenvalue weighted by molar-refractivity contribution is 5.71. The van der Waals surface area contributed by atoms with Gasteiger partial charge in [0.25, 0.3) is 0 Å². The third kappa shape index (κ3) is 2.71. The molecular weight excluding hydrogens is 282 g/mol. The van der Waals surface area contributed by atoms with E-state index in [1.54, 1.807) is 14.0 Å². The molecule has 0 radical (unpaired) electrons. The normalized spacial score (nSPS) is 12.5. The van der Waals surface area contributed by atoms with Crippen LogP contribution in [0.25, 0.3) is 11.3 Å². The van der Waals surface area contributed by atoms with E-state index in [4.69, 9.17) is 14.0 Å². The maximum absolute atomic E-state index is 11.5. The van der Waals surface area contributed by atoms with Gasteiger partial charge in [0.05, 0.1) is 25.8 Å². The molecule has 0 fully saturated rings. The average Bonchev–Trinajstić information content (AvgIpc) is 2.96. The third-order valence-electron chi connectivity index (χ3n) is 3.94. The maximum Gasteiger partial charge on any atom is 0.306 e. The minimum Gasteiger partial charge on any atom is -0.497 e. The van der Waals surface area contributed by atoms with Crippen LogP contribution in [-0.4, -0.2) is 24.8 Å². The summed E-state index contributed by atoms with van der Waals surface area (Å²) >= 11 is 0. The van der Waals surface area contributed by atoms with Gasteiger partial charge in [-0.15, -0.1) is 0 Å². The Morgan fingerprint density at radius 1 is 1.36 bits per heavy atom. The molecule has 0 bridgehead atoms. The fourth-order valence-electron chi connectivity index (χ4n) is 2.85. The van der Waals surface area contributed by atoms with Gasteiger partial charge >= 0.3 is 5.97 Å². The van der Waals surface area contributed by atoms with Crippen molar-refractivity contribution in [1.29, 1.82) is 0 Å². The standard InChI is InChI=1S/C17H19NO4/c1-3-21-16(19)9-8-15-14-6-4-11-10-12(20-2)5-7-13(11)17(14)22-18-15/h5,7,10H,3-4,6,8-9H2,1-2H3. The number of nitrogens with zero attached hydrogens (tertiary/aromatic N) is 1. The summed E-state index contributed by atoms with van der Waals surface area (Å²) in [4.78, 5) is 11.5. The average molecular weight is 301 g/mol. The highest BCUT2D eigenvalue weighted by atomic mass is 16.5. The van der Waals surface area contributed by atoms with Gasteiger partial charge in [-0.25, -0.2) is 0 Å². The molecule has 1 aliphatic rings. The number of fused-ring (bicyclic) bond motifs is 3. The Bertz CT molecular complexity index is 690. The fourth-order valence-corrected chi connectivity index (χ4v) is 2.85. The number of carbonyl (C=O) groups is 1. The number of hydrogen-bond acceptors (Lipinski definition) is 5. The van der Waals surface area contributed by atoms with E-state index in [1.165, 1.54) is 5.56 Å². The number of ether oxygens (including phenoxy) is 2. The number of rotatable bonds is 5. The van der Waals surface area contributed by atoms with Crippen molar-refractivity contribution in [1.82, 2.24) is 5.16 Å². The van der Waals surface area contributed by atoms with Gasteiger partial charge in [-0.1, -0.05) is 5.16 Å². The second-order valence-corrected chi connectivity index (χ2v) is 5.27. The Morgan fingerprint density at radius 2 is 2.23 bits per heavy atom. The molecule has 1 heterocycles. The van der Waals surface area contributed by atoms with Crippen molar-refractivity contribution in [2.75, 3.05) is 13.7 Å². The van der Waals surface area contributed by atoms with Gasteiger partial charge in [-0.05, 0) is 43.5 Å². The van der Waals surface area contributed by atoms with Gasteiger partial charge in [0.2, 0.25) is 0 Å². The molecule has 116 valence electrons. The first-order valence-electron chi connectivity index (χ1n) is 7.53. The van der Waals surface area contributed by atoms with E-state index < -0.39 is 0 Å². The molecule has 5 nitrogen and oxygen atoms in total. The zero-order valence-corrected chi connectivity index (χ0v) is 12.8. The fraction of sp³-hybridized carbons (Fsp3) is 0.412. The van der Waals surface area contributed by atoms with Crippen molar-refractivity contribution in [2.45, 2.75) is 32.6 Å². The molecule has 1 aliphatic carbocycles. The van der Waals surface area contributed by atoms with Crippen LogP contribution in [-0.2, 0) is 28.8 Å². The van der Waals surface area contributed by atoms with Crippen molar-refractivity contribution in [3.05, 3.63) is 35.0 Å². The Kier molecular flexibility index (Phi) is 4.13. The molecule has 0 unspecified atom stereocenters. The molecule has 0 atom stereocenters. The second kappa shape index (κ2) is 6.22. The van der Waals surface area contributed by atoms with Gasteiger partial charge in [0.1, 0.15) is 5.75 Å². The molecule has 0 N–H and O–H groups in total. The van der Waals surface area contributed by atoms with E-state index in [9.17, 15) is 4.79 Å². The van der Waals surface area contributed by atoms with Crippen LogP contribution in [0.3, 0.4) is 0 Å². The molecule has 5 heteroatoms. The van der Waals surface area contributed by atoms with Gasteiger partial charge in [-0.2, -0.15) is 0 Å². The monoisotopic (exact) mass is 301 g/mol. The maximum atomic E-state index is 11.5. The number of esters is 1. The molecule has 2 aromatic rings. The van der Waals surface area contributed by atoms with Crippen LogP contribution in [0.4, 0.5) is 0 Å². The Hall–Kier alpha value is -2.30. The molecular formula is C17H19NO4. The third-order valence-corrected chi connectivity index (χ3v) is 3.94. The summed E-state index contributed by atoms with van der Waals surface area (Å²) in [7, 11) is 1.66. The number of aromatic nitrogens is 1. The van der Waals surface area contributed by atoms with Gasteiger partial charge < -0.3 is 14.0 Å². The van der Waals surface area contributed by atoms with Crippen molar-refractivity contribution in [3.8, 4) is 17.1 Å². The van der Waals surface area contributed by atoms with E-state index in [-0.39, 0.29) is 5.97 Å². The van der Waals surface area contributed by atoms with Gasteiger partial charge in [0, 0.05) is 17.5 Å². The quantitative estimate of drug-likeness (QED) is 0.795. The molecule has 1 aromatic carbocycles. The minimum atomic E-state index is -0.194. The van der Waals surface area contributed by atoms with Crippen LogP contribution in [0.15, 0.2) is 22.7 Å². The Balaban J connectivity index is 1.82. The summed E-state index contributed by atoms with van der Waals surface area (Å²) in [5, 5.41) is 4.16. The van der Waals surface area contributed by atoms with Crippen LogP contribution >= 0.6 is 0 Å². The predicted molar refractivity (Wildman–Crippen MR) is 80.9 cm³/mol. The van der Waals surface area contributed by atoms with Crippen molar-refractivity contribution < 1.29 is 18.8 Å². The molecule has 0 spiro atoms. The molecule has 0 amide bonds. The zero-order valence-electron chi connectivity index (χ0n) is 12.8. The number of carbonyl (C=O) groups excluding carboxylic acids is 1. The summed E-state index contributed by atoms with van der Waals surface area (Å²) in [5.74, 6) is 1.48. The summed E-state index contributed by atoms with van der Waals surface area (Å²) in [6.45, 7) is 2.21. The molecule has 0 aliphatic heterocycles. The SMILES string of the molecule is CCOC(=O)CCc1noc2c1CCc1cc(OC)ccc1-2. The lowest BCUT2D eigenvalue weighted by Crippen LogP contribution is -2.08. The summed E-state index contributed by atoms with van der Waals surface area (Å²) < 4.78 is 15.8.